The van der Waals surface area contributed by atoms with Crippen LogP contribution >= 0.6 is 0 Å². The van der Waals surface area contributed by atoms with E-state index in [4.69, 9.17) is 15.2 Å². The molecule has 2 aromatic carbocycles. The lowest BCUT2D eigenvalue weighted by atomic mass is 10.0. The van der Waals surface area contributed by atoms with Crippen LogP contribution in [0.2, 0.25) is 0 Å². The molecule has 2 aromatic rings. The molecule has 3 rings (SSSR count). The molecule has 0 aromatic heterocycles. The summed E-state index contributed by atoms with van der Waals surface area (Å²) < 4.78 is 10.9. The lowest BCUT2D eigenvalue weighted by Gasteiger charge is -2.14. The average molecular weight is 260 g/mol. The second-order valence-corrected chi connectivity index (χ2v) is 4.27. The zero-order chi connectivity index (χ0) is 13.4. The first-order valence-electron chi connectivity index (χ1n) is 5.87. The number of nitrogen functional groups attached to an aromatic ring is 1. The van der Waals surface area contributed by atoms with Gasteiger partial charge in [0.05, 0.1) is 23.5 Å². The molecule has 0 radical (unpaired) electrons. The molecule has 1 saturated heterocycles. The maximum atomic E-state index is 11.1. The molecule has 0 unspecified atom stereocenters. The van der Waals surface area contributed by atoms with E-state index in [0.29, 0.717) is 29.7 Å². The van der Waals surface area contributed by atoms with Crippen LogP contribution in [-0.4, -0.2) is 18.1 Å². The van der Waals surface area contributed by atoms with Crippen LogP contribution in [0.15, 0.2) is 30.3 Å². The van der Waals surface area contributed by atoms with Gasteiger partial charge in [-0.25, -0.2) is 0 Å². The van der Waals surface area contributed by atoms with Crippen molar-refractivity contribution in [3.63, 3.8) is 0 Å². The van der Waals surface area contributed by atoms with Gasteiger partial charge >= 0.3 is 0 Å². The molecular weight excluding hydrogens is 248 g/mol. The first kappa shape index (κ1) is 11.9. The Morgan fingerprint density at radius 2 is 1.95 bits per heavy atom. The Balaban J connectivity index is 2.29. The van der Waals surface area contributed by atoms with Gasteiger partial charge in [-0.2, -0.15) is 0 Å². The van der Waals surface area contributed by atoms with Crippen molar-refractivity contribution < 1.29 is 14.4 Å². The van der Waals surface area contributed by atoms with E-state index in [0.717, 1.165) is 5.56 Å². The Morgan fingerprint density at radius 1 is 1.21 bits per heavy atom. The number of rotatable bonds is 2. The smallest absolute Gasteiger partial charge is 0.277 e. The molecule has 2 N–H and O–H groups in total. The molecule has 6 nitrogen and oxygen atoms in total. The molecule has 0 spiro atoms. The molecule has 0 bridgehead atoms. The molecule has 98 valence electrons. The van der Waals surface area contributed by atoms with Crippen LogP contribution < -0.4 is 5.73 Å². The zero-order valence-electron chi connectivity index (χ0n) is 10.0. The van der Waals surface area contributed by atoms with Crippen LogP contribution in [0.5, 0.6) is 0 Å². The fourth-order valence-corrected chi connectivity index (χ4v) is 2.34. The van der Waals surface area contributed by atoms with Gasteiger partial charge in [-0.15, -0.1) is 0 Å². The lowest BCUT2D eigenvalue weighted by Crippen LogP contribution is -2.02. The van der Waals surface area contributed by atoms with Crippen LogP contribution in [0.1, 0.15) is 11.9 Å². The Morgan fingerprint density at radius 3 is 2.63 bits per heavy atom. The third-order valence-corrected chi connectivity index (χ3v) is 3.15. The molecule has 0 amide bonds. The van der Waals surface area contributed by atoms with Crippen molar-refractivity contribution in [3.8, 4) is 0 Å². The first-order chi connectivity index (χ1) is 9.18. The van der Waals surface area contributed by atoms with Crippen molar-refractivity contribution >= 4 is 22.1 Å². The minimum atomic E-state index is -0.506. The summed E-state index contributed by atoms with van der Waals surface area (Å²) in [5.74, 6) is 0. The van der Waals surface area contributed by atoms with Crippen LogP contribution in [0.25, 0.3) is 10.8 Å². The summed E-state index contributed by atoms with van der Waals surface area (Å²) in [5.41, 5.74) is 7.21. The maximum absolute atomic E-state index is 11.1. The number of hydrogen-bond acceptors (Lipinski definition) is 5. The highest BCUT2D eigenvalue weighted by molar-refractivity contribution is 6.01. The minimum absolute atomic E-state index is 0.0315. The van der Waals surface area contributed by atoms with Gasteiger partial charge in [0.2, 0.25) is 0 Å². The highest BCUT2D eigenvalue weighted by Gasteiger charge is 2.24. The Bertz CT molecular complexity index is 650. The summed E-state index contributed by atoms with van der Waals surface area (Å²) in [6.45, 7) is 1.02. The second-order valence-electron chi connectivity index (χ2n) is 4.27. The van der Waals surface area contributed by atoms with Gasteiger partial charge in [0.1, 0.15) is 0 Å². The zero-order valence-corrected chi connectivity index (χ0v) is 10.0. The molecule has 1 aliphatic heterocycles. The normalized spacial score (nSPS) is 16.0. The summed E-state index contributed by atoms with van der Waals surface area (Å²) >= 11 is 0. The fraction of sp³-hybridized carbons (Fsp3) is 0.231. The topological polar surface area (TPSA) is 87.6 Å². The van der Waals surface area contributed by atoms with Gasteiger partial charge in [-0.05, 0) is 12.1 Å². The number of nitrogens with zero attached hydrogens (tertiary/aromatic N) is 1. The van der Waals surface area contributed by atoms with Crippen molar-refractivity contribution in [2.24, 2.45) is 0 Å². The average Bonchev–Trinajstić information content (AvgIpc) is 2.92. The Labute approximate surface area is 108 Å². The number of nitro groups is 1. The number of benzene rings is 2. The molecule has 0 aliphatic carbocycles. The van der Waals surface area contributed by atoms with Crippen molar-refractivity contribution in [2.75, 3.05) is 18.9 Å². The van der Waals surface area contributed by atoms with Gasteiger partial charge in [0.15, 0.2) is 6.29 Å². The molecule has 1 heterocycles. The predicted molar refractivity (Wildman–Crippen MR) is 69.7 cm³/mol. The van der Waals surface area contributed by atoms with Crippen LogP contribution in [0, 0.1) is 10.1 Å². The van der Waals surface area contributed by atoms with E-state index >= 15 is 0 Å². The van der Waals surface area contributed by atoms with Gasteiger partial charge < -0.3 is 15.2 Å². The fourth-order valence-electron chi connectivity index (χ4n) is 2.34. The second kappa shape index (κ2) is 4.49. The maximum Gasteiger partial charge on any atom is 0.277 e. The van der Waals surface area contributed by atoms with E-state index in [1.54, 1.807) is 18.2 Å². The van der Waals surface area contributed by atoms with Gasteiger partial charge in [0.25, 0.3) is 5.69 Å². The SMILES string of the molecule is Nc1ccc([N+](=O)[O-])c2cccc(C3OCCO3)c12. The van der Waals surface area contributed by atoms with Gasteiger partial charge in [0, 0.05) is 22.7 Å². The number of ether oxygens (including phenoxy) is 2. The summed E-state index contributed by atoms with van der Waals surface area (Å²) in [6, 6.07) is 8.20. The van der Waals surface area contributed by atoms with Crippen molar-refractivity contribution in [1.29, 1.82) is 0 Å². The quantitative estimate of drug-likeness (QED) is 0.508. The van der Waals surface area contributed by atoms with Crippen LogP contribution in [0.4, 0.5) is 11.4 Å². The minimum Gasteiger partial charge on any atom is -0.398 e. The number of fused-ring (bicyclic) bond motifs is 1. The van der Waals surface area contributed by atoms with E-state index in [-0.39, 0.29) is 5.69 Å². The number of anilines is 1. The highest BCUT2D eigenvalue weighted by atomic mass is 16.7. The lowest BCUT2D eigenvalue weighted by molar-refractivity contribution is -0.383. The number of nitro benzene ring substituents is 1. The van der Waals surface area contributed by atoms with Crippen molar-refractivity contribution in [1.82, 2.24) is 0 Å². The van der Waals surface area contributed by atoms with E-state index in [2.05, 4.69) is 0 Å². The molecular formula is C13H12N2O4. The summed E-state index contributed by atoms with van der Waals surface area (Å²) in [7, 11) is 0. The molecule has 1 fully saturated rings. The molecule has 1 aliphatic rings. The van der Waals surface area contributed by atoms with Gasteiger partial charge in [-0.3, -0.25) is 10.1 Å². The van der Waals surface area contributed by atoms with E-state index < -0.39 is 11.2 Å². The molecule has 6 heteroatoms. The highest BCUT2D eigenvalue weighted by Crippen LogP contribution is 2.37. The monoisotopic (exact) mass is 260 g/mol. The molecule has 0 atom stereocenters. The van der Waals surface area contributed by atoms with Crippen molar-refractivity contribution in [3.05, 3.63) is 46.0 Å². The third kappa shape index (κ3) is 1.91. The summed E-state index contributed by atoms with van der Waals surface area (Å²) in [4.78, 5) is 10.6. The number of nitrogens with two attached hydrogens (primary N) is 1. The number of non-ortho nitro benzene ring substituents is 1. The van der Waals surface area contributed by atoms with E-state index in [1.807, 2.05) is 6.07 Å². The summed E-state index contributed by atoms with van der Waals surface area (Å²) in [6.07, 6.45) is -0.506. The Hall–Kier alpha value is -2.18. The first-order valence-corrected chi connectivity index (χ1v) is 5.87. The Kier molecular flexibility index (Phi) is 2.81. The predicted octanol–water partition coefficient (Wildman–Crippen LogP) is 2.38. The van der Waals surface area contributed by atoms with Crippen LogP contribution in [-0.2, 0) is 9.47 Å². The molecule has 0 saturated carbocycles. The summed E-state index contributed by atoms with van der Waals surface area (Å²) in [5, 5.41) is 12.2. The van der Waals surface area contributed by atoms with E-state index in [1.165, 1.54) is 6.07 Å². The van der Waals surface area contributed by atoms with E-state index in [9.17, 15) is 10.1 Å². The largest absolute Gasteiger partial charge is 0.398 e. The van der Waals surface area contributed by atoms with Crippen molar-refractivity contribution in [2.45, 2.75) is 6.29 Å². The van der Waals surface area contributed by atoms with Crippen LogP contribution in [0.3, 0.4) is 0 Å². The third-order valence-electron chi connectivity index (χ3n) is 3.15. The molecule has 19 heavy (non-hydrogen) atoms. The van der Waals surface area contributed by atoms with Gasteiger partial charge in [-0.1, -0.05) is 12.1 Å². The number of hydrogen-bond donors (Lipinski definition) is 1. The standard InChI is InChI=1S/C13H12N2O4/c14-10-4-5-11(15(16)17)8-2-1-3-9(12(8)10)13-18-6-7-19-13/h1-5,13H,6-7,14H2.